The summed E-state index contributed by atoms with van der Waals surface area (Å²) < 4.78 is 31.8. The van der Waals surface area contributed by atoms with Crippen molar-refractivity contribution < 1.29 is 28.2 Å². The second-order valence-electron chi connectivity index (χ2n) is 8.49. The molecule has 1 unspecified atom stereocenters. The number of ether oxygens (including phenoxy) is 1. The van der Waals surface area contributed by atoms with Gasteiger partial charge in [0.15, 0.2) is 0 Å². The Kier molecular flexibility index (Phi) is 8.30. The summed E-state index contributed by atoms with van der Waals surface area (Å²) in [5.41, 5.74) is 0. The van der Waals surface area contributed by atoms with Crippen molar-refractivity contribution in [1.82, 2.24) is 10.2 Å². The van der Waals surface area contributed by atoms with Crippen LogP contribution < -0.4 is 5.32 Å². The Bertz CT molecular complexity index is 476. The van der Waals surface area contributed by atoms with Crippen molar-refractivity contribution in [2.45, 2.75) is 69.8 Å². The highest BCUT2D eigenvalue weighted by Gasteiger charge is 2.36. The molecule has 1 aliphatic carbocycles. The lowest BCUT2D eigenvalue weighted by Crippen LogP contribution is -2.45. The van der Waals surface area contributed by atoms with E-state index in [-0.39, 0.29) is 25.3 Å². The molecule has 0 aliphatic heterocycles. The predicted octanol–water partition coefficient (Wildman–Crippen LogP) is 4.24. The zero-order chi connectivity index (χ0) is 20.0. The molecule has 0 aromatic rings. The topological polar surface area (TPSA) is 78.9 Å². The third-order valence-corrected chi connectivity index (χ3v) is 6.37. The Morgan fingerprint density at radius 1 is 1.31 bits per heavy atom. The quantitative estimate of drug-likeness (QED) is 0.604. The van der Waals surface area contributed by atoms with E-state index in [1.165, 1.54) is 4.90 Å². The Morgan fingerprint density at radius 3 is 2.38 bits per heavy atom. The lowest BCUT2D eigenvalue weighted by atomic mass is 9.83. The Labute approximate surface area is 155 Å². The molecule has 1 saturated carbocycles. The molecule has 0 aromatic carbocycles. The molecular weight excluding hydrogens is 362 g/mol. The average molecular weight is 395 g/mol. The first-order valence-electron chi connectivity index (χ1n) is 9.13. The number of carbonyl (C=O) groups is 2. The zero-order valence-electron chi connectivity index (χ0n) is 16.2. The lowest BCUT2D eigenvalue weighted by Gasteiger charge is -2.32. The number of hydrogen-bond donors (Lipinski definition) is 2. The highest BCUT2D eigenvalue weighted by molar-refractivity contribution is 6.76. The van der Waals surface area contributed by atoms with E-state index in [0.717, 1.165) is 6.04 Å². The monoisotopic (exact) mass is 394 g/mol. The first-order chi connectivity index (χ1) is 11.9. The van der Waals surface area contributed by atoms with Crippen molar-refractivity contribution >= 4 is 20.3 Å². The van der Waals surface area contributed by atoms with Gasteiger partial charge in [-0.1, -0.05) is 19.6 Å². The van der Waals surface area contributed by atoms with Crippen LogP contribution in [0.1, 0.15) is 32.1 Å². The summed E-state index contributed by atoms with van der Waals surface area (Å²) in [5.74, 6) is -2.58. The number of amides is 2. The van der Waals surface area contributed by atoms with Crippen LogP contribution in [0.25, 0.3) is 0 Å². The van der Waals surface area contributed by atoms with Crippen LogP contribution >= 0.6 is 0 Å². The van der Waals surface area contributed by atoms with Crippen molar-refractivity contribution in [2.75, 3.05) is 20.2 Å². The van der Waals surface area contributed by atoms with E-state index in [4.69, 9.17) is 9.84 Å². The Balaban J connectivity index is 2.50. The van der Waals surface area contributed by atoms with Gasteiger partial charge >= 0.3 is 12.2 Å². The third-order valence-electron chi connectivity index (χ3n) is 4.67. The summed E-state index contributed by atoms with van der Waals surface area (Å²) in [6, 6.07) is 0.360. The molecule has 0 heterocycles. The summed E-state index contributed by atoms with van der Waals surface area (Å²) in [6.45, 7) is 7.07. The van der Waals surface area contributed by atoms with Crippen LogP contribution in [0.3, 0.4) is 0 Å². The molecule has 26 heavy (non-hydrogen) atoms. The van der Waals surface area contributed by atoms with Gasteiger partial charge in [0.25, 0.3) is 0 Å². The van der Waals surface area contributed by atoms with Crippen LogP contribution in [0, 0.1) is 5.92 Å². The summed E-state index contributed by atoms with van der Waals surface area (Å²) in [6.07, 6.45) is -0.815. The molecule has 1 atom stereocenters. The van der Waals surface area contributed by atoms with Gasteiger partial charge in [0, 0.05) is 34.5 Å². The van der Waals surface area contributed by atoms with E-state index >= 15 is 0 Å². The van der Waals surface area contributed by atoms with Gasteiger partial charge in [-0.05, 0) is 31.2 Å². The number of nitrogens with zero attached hydrogens (tertiary/aromatic N) is 1. The second kappa shape index (κ2) is 9.52. The molecule has 1 aliphatic rings. The Hall–Kier alpha value is -1.38. The van der Waals surface area contributed by atoms with Crippen molar-refractivity contribution in [2.24, 2.45) is 5.92 Å². The molecule has 0 radical (unpaired) electrons. The van der Waals surface area contributed by atoms with Gasteiger partial charge < -0.3 is 20.1 Å². The van der Waals surface area contributed by atoms with Crippen molar-refractivity contribution in [3.05, 3.63) is 0 Å². The first kappa shape index (κ1) is 22.7. The second-order valence-corrected chi connectivity index (χ2v) is 14.1. The molecule has 1 fully saturated rings. The molecule has 0 aromatic heterocycles. The summed E-state index contributed by atoms with van der Waals surface area (Å²) in [5, 5.41) is 11.4. The maximum absolute atomic E-state index is 13.3. The minimum atomic E-state index is -2.61. The van der Waals surface area contributed by atoms with Crippen molar-refractivity contribution in [3.8, 4) is 0 Å². The van der Waals surface area contributed by atoms with E-state index in [0.29, 0.717) is 25.9 Å². The number of rotatable bonds is 8. The van der Waals surface area contributed by atoms with E-state index < -0.39 is 32.2 Å². The summed E-state index contributed by atoms with van der Waals surface area (Å²) in [7, 11) is 0.257. The van der Waals surface area contributed by atoms with Crippen LogP contribution in [0.2, 0.25) is 25.7 Å². The number of halogens is 2. The van der Waals surface area contributed by atoms with E-state index in [1.807, 2.05) is 0 Å². The molecule has 0 spiro atoms. The number of hydrogen-bond acceptors (Lipinski definition) is 3. The number of carbonyl (C=O) groups excluding carboxylic acids is 1. The standard InChI is InChI=1S/C17H32F2N2O4Si/c1-21(16(24)25-9-10-26(2,3)4)12-14(20-15(22)23)11-13-5-7-17(18,19)8-6-13/h13-14,20H,5-12H2,1-4H3,(H,22,23). The SMILES string of the molecule is CN(CC(CC1CCC(F)(F)CC1)NC(=O)O)C(=O)OCC[Si](C)(C)C. The molecule has 6 nitrogen and oxygen atoms in total. The zero-order valence-corrected chi connectivity index (χ0v) is 17.2. The third kappa shape index (κ3) is 9.35. The van der Waals surface area contributed by atoms with Gasteiger partial charge in [0.2, 0.25) is 5.92 Å². The van der Waals surface area contributed by atoms with Crippen LogP contribution in [0.15, 0.2) is 0 Å². The van der Waals surface area contributed by atoms with Crippen LogP contribution in [-0.4, -0.2) is 62.4 Å². The number of carboxylic acid groups (broad SMARTS) is 1. The maximum Gasteiger partial charge on any atom is 0.409 e. The maximum atomic E-state index is 13.3. The summed E-state index contributed by atoms with van der Waals surface area (Å²) >= 11 is 0. The lowest BCUT2D eigenvalue weighted by molar-refractivity contribution is -0.0475. The van der Waals surface area contributed by atoms with Gasteiger partial charge in [0.05, 0.1) is 12.6 Å². The molecule has 0 saturated heterocycles. The van der Waals surface area contributed by atoms with Crippen LogP contribution in [-0.2, 0) is 4.74 Å². The Morgan fingerprint density at radius 2 is 1.88 bits per heavy atom. The van der Waals surface area contributed by atoms with Crippen LogP contribution in [0.4, 0.5) is 18.4 Å². The van der Waals surface area contributed by atoms with E-state index in [2.05, 4.69) is 25.0 Å². The fourth-order valence-corrected chi connectivity index (χ4v) is 3.77. The molecular formula is C17H32F2N2O4Si. The van der Waals surface area contributed by atoms with Gasteiger partial charge in [-0.2, -0.15) is 0 Å². The summed E-state index contributed by atoms with van der Waals surface area (Å²) in [4.78, 5) is 24.4. The molecule has 0 bridgehead atoms. The fraction of sp³-hybridized carbons (Fsp3) is 0.882. The van der Waals surface area contributed by atoms with Crippen molar-refractivity contribution in [1.29, 1.82) is 0 Å². The van der Waals surface area contributed by atoms with Crippen molar-refractivity contribution in [3.63, 3.8) is 0 Å². The molecule has 9 heteroatoms. The minimum Gasteiger partial charge on any atom is -0.465 e. The minimum absolute atomic E-state index is 0.0304. The predicted molar refractivity (Wildman–Crippen MR) is 98.6 cm³/mol. The molecule has 2 N–H and O–H groups in total. The number of likely N-dealkylation sites (N-methyl/N-ethyl adjacent to an activating group) is 1. The van der Waals surface area contributed by atoms with Gasteiger partial charge in [0.1, 0.15) is 0 Å². The smallest absolute Gasteiger partial charge is 0.409 e. The van der Waals surface area contributed by atoms with E-state index in [1.54, 1.807) is 7.05 Å². The largest absolute Gasteiger partial charge is 0.465 e. The molecule has 2 amide bonds. The first-order valence-corrected chi connectivity index (χ1v) is 12.8. The number of nitrogens with one attached hydrogen (secondary N) is 1. The highest BCUT2D eigenvalue weighted by Crippen LogP contribution is 2.37. The van der Waals surface area contributed by atoms with Gasteiger partial charge in [-0.25, -0.2) is 18.4 Å². The molecule has 1 rings (SSSR count). The van der Waals surface area contributed by atoms with Gasteiger partial charge in [-0.3, -0.25) is 0 Å². The van der Waals surface area contributed by atoms with E-state index in [9.17, 15) is 18.4 Å². The highest BCUT2D eigenvalue weighted by atomic mass is 28.3. The van der Waals surface area contributed by atoms with Gasteiger partial charge in [-0.15, -0.1) is 0 Å². The van der Waals surface area contributed by atoms with Crippen LogP contribution in [0.5, 0.6) is 0 Å². The number of alkyl halides is 2. The molecule has 152 valence electrons. The average Bonchev–Trinajstić information content (AvgIpc) is 2.47. The fourth-order valence-electron chi connectivity index (χ4n) is 3.05. The normalized spacial score (nSPS) is 18.8.